The molecule has 0 aliphatic carbocycles. The second-order valence-electron chi connectivity index (χ2n) is 4.88. The zero-order valence-corrected chi connectivity index (χ0v) is 10.6. The van der Waals surface area contributed by atoms with Crippen molar-refractivity contribution in [2.75, 3.05) is 0 Å². The van der Waals surface area contributed by atoms with Crippen LogP contribution in [0.5, 0.6) is 0 Å². The lowest BCUT2D eigenvalue weighted by Gasteiger charge is -2.20. The fourth-order valence-corrected chi connectivity index (χ4v) is 2.71. The third-order valence-electron chi connectivity index (χ3n) is 3.66. The number of hydrogen-bond acceptors (Lipinski definition) is 4. The number of carbonyl (C=O) groups is 2. The van der Waals surface area contributed by atoms with Gasteiger partial charge >= 0.3 is 5.97 Å². The smallest absolute Gasteiger partial charge is 0.310 e. The van der Waals surface area contributed by atoms with E-state index in [0.717, 1.165) is 5.69 Å². The Hall–Kier alpha value is -2.21. The van der Waals surface area contributed by atoms with E-state index in [1.54, 1.807) is 30.5 Å². The molecule has 3 heterocycles. The first-order valence-corrected chi connectivity index (χ1v) is 6.41. The Morgan fingerprint density at radius 2 is 2.00 bits per heavy atom. The number of aromatic nitrogens is 1. The Kier molecular flexibility index (Phi) is 3.23. The van der Waals surface area contributed by atoms with Gasteiger partial charge in [0.15, 0.2) is 0 Å². The van der Waals surface area contributed by atoms with Crippen molar-refractivity contribution in [2.24, 2.45) is 11.8 Å². The number of fused-ring (bicyclic) bond motifs is 2. The van der Waals surface area contributed by atoms with Crippen LogP contribution in [0, 0.1) is 11.8 Å². The average Bonchev–Trinajstić information content (AvgIpc) is 3.06. The molecule has 0 spiro atoms. The Balaban J connectivity index is 1.68. The highest BCUT2D eigenvalue weighted by molar-refractivity contribution is 5.87. The van der Waals surface area contributed by atoms with Gasteiger partial charge in [0.1, 0.15) is 5.92 Å². The lowest BCUT2D eigenvalue weighted by Crippen LogP contribution is -2.42. The number of amides is 1. The second-order valence-corrected chi connectivity index (χ2v) is 4.88. The maximum Gasteiger partial charge on any atom is 0.310 e. The minimum absolute atomic E-state index is 0.281. The van der Waals surface area contributed by atoms with Gasteiger partial charge in [-0.15, -0.1) is 0 Å². The summed E-state index contributed by atoms with van der Waals surface area (Å²) in [4.78, 5) is 27.6. The van der Waals surface area contributed by atoms with E-state index in [1.807, 2.05) is 6.07 Å². The first-order valence-electron chi connectivity index (χ1n) is 6.41. The van der Waals surface area contributed by atoms with E-state index in [1.165, 1.54) is 0 Å². The molecule has 6 nitrogen and oxygen atoms in total. The van der Waals surface area contributed by atoms with Gasteiger partial charge < -0.3 is 15.2 Å². The largest absolute Gasteiger partial charge is 0.481 e. The molecule has 1 saturated heterocycles. The highest BCUT2D eigenvalue weighted by Crippen LogP contribution is 2.39. The lowest BCUT2D eigenvalue weighted by molar-refractivity contribution is -0.146. The van der Waals surface area contributed by atoms with Crippen LogP contribution in [0.3, 0.4) is 0 Å². The van der Waals surface area contributed by atoms with Crippen LogP contribution in [0.15, 0.2) is 36.5 Å². The standard InChI is InChI=1S/C14H14N2O4/c17-13(16-7-8-3-1-2-6-15-8)11-9-4-5-10(20-9)12(11)14(18)19/h1-6,9-12H,7H2,(H,16,17)(H,18,19)/t9-,10-,11+,12-/m1/s1. The number of hydrogen-bond donors (Lipinski definition) is 2. The van der Waals surface area contributed by atoms with Gasteiger partial charge in [0.25, 0.3) is 0 Å². The van der Waals surface area contributed by atoms with Crippen LogP contribution in [0.25, 0.3) is 0 Å². The van der Waals surface area contributed by atoms with E-state index >= 15 is 0 Å². The quantitative estimate of drug-likeness (QED) is 0.773. The highest BCUT2D eigenvalue weighted by Gasteiger charge is 2.53. The van der Waals surface area contributed by atoms with E-state index in [2.05, 4.69) is 10.3 Å². The molecule has 1 amide bonds. The molecule has 0 unspecified atom stereocenters. The lowest BCUT2D eigenvalue weighted by atomic mass is 9.82. The summed E-state index contributed by atoms with van der Waals surface area (Å²) in [5, 5.41) is 12.0. The average molecular weight is 274 g/mol. The minimum atomic E-state index is -1.00. The van der Waals surface area contributed by atoms with Crippen molar-refractivity contribution in [1.29, 1.82) is 0 Å². The van der Waals surface area contributed by atoms with Gasteiger partial charge in [-0.3, -0.25) is 14.6 Å². The molecule has 3 rings (SSSR count). The molecule has 6 heteroatoms. The van der Waals surface area contributed by atoms with E-state index in [4.69, 9.17) is 4.74 Å². The molecule has 2 aliphatic rings. The molecule has 0 saturated carbocycles. The van der Waals surface area contributed by atoms with Gasteiger partial charge in [-0.05, 0) is 12.1 Å². The van der Waals surface area contributed by atoms with Crippen molar-refractivity contribution in [3.63, 3.8) is 0 Å². The number of rotatable bonds is 4. The zero-order chi connectivity index (χ0) is 14.1. The molecule has 1 aromatic rings. The summed E-state index contributed by atoms with van der Waals surface area (Å²) in [5.74, 6) is -2.79. The molecule has 2 N–H and O–H groups in total. The minimum Gasteiger partial charge on any atom is -0.481 e. The first-order chi connectivity index (χ1) is 9.66. The molecule has 104 valence electrons. The molecule has 1 aromatic heterocycles. The summed E-state index contributed by atoms with van der Waals surface area (Å²) in [5.41, 5.74) is 0.729. The number of carboxylic acid groups (broad SMARTS) is 1. The van der Waals surface area contributed by atoms with Gasteiger partial charge in [0.2, 0.25) is 5.91 Å². The van der Waals surface area contributed by atoms with Crippen molar-refractivity contribution in [3.05, 3.63) is 42.2 Å². The number of carboxylic acids is 1. The molecule has 2 bridgehead atoms. The van der Waals surface area contributed by atoms with Crippen molar-refractivity contribution in [3.8, 4) is 0 Å². The maximum absolute atomic E-state index is 12.2. The topological polar surface area (TPSA) is 88.5 Å². The SMILES string of the molecule is O=C(NCc1ccccn1)[C@@H]1[C@H](C(=O)O)[C@H]2C=C[C@H]1O2. The fraction of sp³-hybridized carbons (Fsp3) is 0.357. The summed E-state index contributed by atoms with van der Waals surface area (Å²) in [7, 11) is 0. The number of aliphatic carboxylic acids is 1. The fourth-order valence-electron chi connectivity index (χ4n) is 2.71. The number of carbonyl (C=O) groups excluding carboxylic acids is 1. The highest BCUT2D eigenvalue weighted by atomic mass is 16.5. The second kappa shape index (κ2) is 5.05. The number of nitrogens with zero attached hydrogens (tertiary/aromatic N) is 1. The molecular formula is C14H14N2O4. The van der Waals surface area contributed by atoms with Gasteiger partial charge in [0.05, 0.1) is 30.4 Å². The van der Waals surface area contributed by atoms with Crippen LogP contribution in [-0.4, -0.2) is 34.2 Å². The number of ether oxygens (including phenoxy) is 1. The van der Waals surface area contributed by atoms with E-state index < -0.39 is 30.0 Å². The van der Waals surface area contributed by atoms with Crippen LogP contribution in [-0.2, 0) is 20.9 Å². The molecule has 0 aromatic carbocycles. The van der Waals surface area contributed by atoms with E-state index in [-0.39, 0.29) is 12.5 Å². The van der Waals surface area contributed by atoms with Crippen LogP contribution in [0.2, 0.25) is 0 Å². The van der Waals surface area contributed by atoms with Gasteiger partial charge in [0, 0.05) is 6.20 Å². The maximum atomic E-state index is 12.2. The number of pyridine rings is 1. The molecule has 4 atom stereocenters. The zero-order valence-electron chi connectivity index (χ0n) is 10.6. The van der Waals surface area contributed by atoms with Crippen molar-refractivity contribution < 1.29 is 19.4 Å². The van der Waals surface area contributed by atoms with Gasteiger partial charge in [-0.1, -0.05) is 18.2 Å². The van der Waals surface area contributed by atoms with Crippen LogP contribution in [0.4, 0.5) is 0 Å². The Bertz CT molecular complexity index is 558. The van der Waals surface area contributed by atoms with Crippen LogP contribution >= 0.6 is 0 Å². The van der Waals surface area contributed by atoms with E-state index in [9.17, 15) is 14.7 Å². The molecule has 0 radical (unpaired) electrons. The molecular weight excluding hydrogens is 260 g/mol. The van der Waals surface area contributed by atoms with Gasteiger partial charge in [-0.2, -0.15) is 0 Å². The van der Waals surface area contributed by atoms with Crippen LogP contribution < -0.4 is 5.32 Å². The molecule has 2 aliphatic heterocycles. The van der Waals surface area contributed by atoms with Crippen molar-refractivity contribution >= 4 is 11.9 Å². The normalized spacial score (nSPS) is 30.4. The summed E-state index contributed by atoms with van der Waals surface area (Å²) in [6.45, 7) is 0.281. The Labute approximate surface area is 115 Å². The van der Waals surface area contributed by atoms with Crippen molar-refractivity contribution in [1.82, 2.24) is 10.3 Å². The molecule has 20 heavy (non-hydrogen) atoms. The predicted octanol–water partition coefficient (Wildman–Crippen LogP) is 0.352. The summed E-state index contributed by atoms with van der Waals surface area (Å²) >= 11 is 0. The van der Waals surface area contributed by atoms with Crippen molar-refractivity contribution in [2.45, 2.75) is 18.8 Å². The monoisotopic (exact) mass is 274 g/mol. The summed E-state index contributed by atoms with van der Waals surface area (Å²) < 4.78 is 5.46. The van der Waals surface area contributed by atoms with E-state index in [0.29, 0.717) is 0 Å². The number of nitrogens with one attached hydrogen (secondary N) is 1. The Morgan fingerprint density at radius 3 is 2.65 bits per heavy atom. The van der Waals surface area contributed by atoms with Crippen LogP contribution in [0.1, 0.15) is 5.69 Å². The third-order valence-corrected chi connectivity index (χ3v) is 3.66. The van der Waals surface area contributed by atoms with Gasteiger partial charge in [-0.25, -0.2) is 0 Å². The first kappa shape index (κ1) is 12.8. The summed E-state index contributed by atoms with van der Waals surface area (Å²) in [6.07, 6.45) is 4.18. The third kappa shape index (κ3) is 2.18. The predicted molar refractivity (Wildman–Crippen MR) is 68.5 cm³/mol. The Morgan fingerprint density at radius 1 is 1.25 bits per heavy atom. The summed E-state index contributed by atoms with van der Waals surface area (Å²) in [6, 6.07) is 5.42. The molecule has 1 fully saturated rings.